The van der Waals surface area contributed by atoms with Gasteiger partial charge in [0, 0.05) is 12.2 Å². The van der Waals surface area contributed by atoms with Crippen molar-refractivity contribution < 1.29 is 14.7 Å². The summed E-state index contributed by atoms with van der Waals surface area (Å²) < 4.78 is 0. The minimum Gasteiger partial charge on any atom is -0.393 e. The fourth-order valence-electron chi connectivity index (χ4n) is 2.25. The summed E-state index contributed by atoms with van der Waals surface area (Å²) in [5, 5.41) is 14.4. The van der Waals surface area contributed by atoms with Crippen LogP contribution in [0.3, 0.4) is 0 Å². The van der Waals surface area contributed by atoms with Crippen LogP contribution in [0.25, 0.3) is 0 Å². The molecule has 0 fully saturated rings. The normalized spacial score (nSPS) is 13.4. The summed E-state index contributed by atoms with van der Waals surface area (Å²) in [4.78, 5) is 23.5. The highest BCUT2D eigenvalue weighted by molar-refractivity contribution is 6.39. The van der Waals surface area contributed by atoms with Crippen LogP contribution in [-0.2, 0) is 9.59 Å². The Labute approximate surface area is 125 Å². The largest absolute Gasteiger partial charge is 0.393 e. The molecule has 3 N–H and O–H groups in total. The Hall–Kier alpha value is -1.88. The second kappa shape index (κ2) is 7.78. The van der Waals surface area contributed by atoms with Gasteiger partial charge in [-0.15, -0.1) is 0 Å². The highest BCUT2D eigenvalue weighted by Crippen LogP contribution is 2.13. The topological polar surface area (TPSA) is 78.4 Å². The first-order chi connectivity index (χ1) is 9.77. The van der Waals surface area contributed by atoms with Gasteiger partial charge in [0.1, 0.15) is 0 Å². The number of carbonyl (C=O) groups is 2. The van der Waals surface area contributed by atoms with Crippen LogP contribution in [0.5, 0.6) is 0 Å². The van der Waals surface area contributed by atoms with Crippen LogP contribution < -0.4 is 10.6 Å². The van der Waals surface area contributed by atoms with Crippen LogP contribution in [0.4, 0.5) is 5.69 Å². The first kappa shape index (κ1) is 17.2. The molecule has 116 valence electrons. The Balaban J connectivity index is 2.49. The molecule has 0 aromatic heterocycles. The van der Waals surface area contributed by atoms with Crippen LogP contribution in [0, 0.1) is 19.8 Å². The zero-order valence-electron chi connectivity index (χ0n) is 13.1. The molecule has 2 unspecified atom stereocenters. The fourth-order valence-corrected chi connectivity index (χ4v) is 2.25. The number of aliphatic hydroxyl groups excluding tert-OH is 1. The van der Waals surface area contributed by atoms with Crippen LogP contribution in [0.1, 0.15) is 31.4 Å². The predicted octanol–water partition coefficient (Wildman–Crippen LogP) is 1.77. The molecular weight excluding hydrogens is 268 g/mol. The smallest absolute Gasteiger partial charge is 0.313 e. The van der Waals surface area contributed by atoms with Crippen molar-refractivity contribution in [2.75, 3.05) is 11.9 Å². The van der Waals surface area contributed by atoms with Crippen molar-refractivity contribution >= 4 is 17.5 Å². The number of amides is 2. The summed E-state index contributed by atoms with van der Waals surface area (Å²) >= 11 is 0. The lowest BCUT2D eigenvalue weighted by atomic mass is 10.0. The zero-order valence-corrected chi connectivity index (χ0v) is 13.1. The Morgan fingerprint density at radius 1 is 1.10 bits per heavy atom. The number of hydrogen-bond donors (Lipinski definition) is 3. The Kier molecular flexibility index (Phi) is 6.37. The molecule has 1 rings (SSSR count). The highest BCUT2D eigenvalue weighted by atomic mass is 16.3. The highest BCUT2D eigenvalue weighted by Gasteiger charge is 2.15. The van der Waals surface area contributed by atoms with E-state index >= 15 is 0 Å². The molecular formula is C16H24N2O3. The van der Waals surface area contributed by atoms with Crippen LogP contribution >= 0.6 is 0 Å². The molecule has 2 atom stereocenters. The van der Waals surface area contributed by atoms with Crippen LogP contribution in [0.2, 0.25) is 0 Å². The lowest BCUT2D eigenvalue weighted by Crippen LogP contribution is -2.38. The molecule has 1 aromatic rings. The standard InChI is InChI=1S/C16H24N2O3/c1-10-5-11(2)8-14(7-10)18-16(21)15(20)17-9-12(3)6-13(4)19/h5,7-8,12-13,19H,6,9H2,1-4H3,(H,17,20)(H,18,21). The van der Waals surface area contributed by atoms with Gasteiger partial charge in [0.15, 0.2) is 0 Å². The van der Waals surface area contributed by atoms with E-state index in [1.54, 1.807) is 6.92 Å². The second-order valence-corrected chi connectivity index (χ2v) is 5.73. The van der Waals surface area contributed by atoms with E-state index in [0.717, 1.165) is 11.1 Å². The van der Waals surface area contributed by atoms with Crippen LogP contribution in [0.15, 0.2) is 18.2 Å². The Morgan fingerprint density at radius 3 is 2.19 bits per heavy atom. The van der Waals surface area contributed by atoms with Crippen molar-refractivity contribution in [1.29, 1.82) is 0 Å². The molecule has 0 aliphatic rings. The van der Waals surface area contributed by atoms with Crippen molar-refractivity contribution in [3.05, 3.63) is 29.3 Å². The summed E-state index contributed by atoms with van der Waals surface area (Å²) in [7, 11) is 0. The third-order valence-corrected chi connectivity index (χ3v) is 3.04. The maximum absolute atomic E-state index is 11.8. The molecule has 0 heterocycles. The van der Waals surface area contributed by atoms with Crippen molar-refractivity contribution in [1.82, 2.24) is 5.32 Å². The number of carbonyl (C=O) groups excluding carboxylic acids is 2. The van der Waals surface area contributed by atoms with E-state index < -0.39 is 17.9 Å². The van der Waals surface area contributed by atoms with E-state index in [4.69, 9.17) is 0 Å². The molecule has 0 aliphatic carbocycles. The van der Waals surface area contributed by atoms with Gasteiger partial charge in [-0.2, -0.15) is 0 Å². The minimum absolute atomic E-state index is 0.114. The summed E-state index contributed by atoms with van der Waals surface area (Å²) in [6.07, 6.45) is 0.167. The zero-order chi connectivity index (χ0) is 16.0. The summed E-state index contributed by atoms with van der Waals surface area (Å²) in [6.45, 7) is 7.84. The quantitative estimate of drug-likeness (QED) is 0.724. The SMILES string of the molecule is Cc1cc(C)cc(NC(=O)C(=O)NCC(C)CC(C)O)c1. The molecule has 2 amide bonds. The van der Waals surface area contributed by atoms with Gasteiger partial charge >= 0.3 is 11.8 Å². The lowest BCUT2D eigenvalue weighted by Gasteiger charge is -2.14. The number of nitrogens with one attached hydrogen (secondary N) is 2. The van der Waals surface area contributed by atoms with Gasteiger partial charge < -0.3 is 15.7 Å². The minimum atomic E-state index is -0.677. The number of benzene rings is 1. The van der Waals surface area contributed by atoms with E-state index in [9.17, 15) is 14.7 Å². The van der Waals surface area contributed by atoms with Crippen molar-refractivity contribution in [2.24, 2.45) is 5.92 Å². The number of rotatable bonds is 5. The number of aliphatic hydroxyl groups is 1. The second-order valence-electron chi connectivity index (χ2n) is 5.73. The fraction of sp³-hybridized carbons (Fsp3) is 0.500. The van der Waals surface area contributed by atoms with Crippen molar-refractivity contribution in [3.8, 4) is 0 Å². The van der Waals surface area contributed by atoms with Gasteiger partial charge in [-0.25, -0.2) is 0 Å². The third-order valence-electron chi connectivity index (χ3n) is 3.04. The molecule has 0 spiro atoms. The van der Waals surface area contributed by atoms with E-state index in [0.29, 0.717) is 18.7 Å². The average molecular weight is 292 g/mol. The molecule has 21 heavy (non-hydrogen) atoms. The first-order valence-corrected chi connectivity index (χ1v) is 7.13. The van der Waals surface area contributed by atoms with Crippen LogP contribution in [-0.4, -0.2) is 29.6 Å². The summed E-state index contributed by atoms with van der Waals surface area (Å²) in [5.41, 5.74) is 2.66. The molecule has 0 radical (unpaired) electrons. The molecule has 5 nitrogen and oxygen atoms in total. The summed E-state index contributed by atoms with van der Waals surface area (Å²) in [5.74, 6) is -1.22. The van der Waals surface area contributed by atoms with E-state index in [1.165, 1.54) is 0 Å². The maximum Gasteiger partial charge on any atom is 0.313 e. The van der Waals surface area contributed by atoms with Gasteiger partial charge in [0.05, 0.1) is 6.10 Å². The molecule has 0 saturated heterocycles. The van der Waals surface area contributed by atoms with E-state index in [-0.39, 0.29) is 5.92 Å². The van der Waals surface area contributed by atoms with Gasteiger partial charge in [0.2, 0.25) is 0 Å². The number of hydrogen-bond acceptors (Lipinski definition) is 3. The van der Waals surface area contributed by atoms with Crippen molar-refractivity contribution in [3.63, 3.8) is 0 Å². The van der Waals surface area contributed by atoms with E-state index in [1.807, 2.05) is 39.0 Å². The Bertz CT molecular complexity index is 492. The average Bonchev–Trinajstić information content (AvgIpc) is 2.33. The molecule has 0 saturated carbocycles. The van der Waals surface area contributed by atoms with Gasteiger partial charge in [0.25, 0.3) is 0 Å². The number of aryl methyl sites for hydroxylation is 2. The molecule has 0 aliphatic heterocycles. The lowest BCUT2D eigenvalue weighted by molar-refractivity contribution is -0.136. The van der Waals surface area contributed by atoms with Gasteiger partial charge in [-0.1, -0.05) is 13.0 Å². The third kappa shape index (κ3) is 6.40. The molecule has 5 heteroatoms. The number of anilines is 1. The van der Waals surface area contributed by atoms with Gasteiger partial charge in [-0.3, -0.25) is 9.59 Å². The molecule has 0 bridgehead atoms. The van der Waals surface area contributed by atoms with E-state index in [2.05, 4.69) is 10.6 Å². The van der Waals surface area contributed by atoms with Gasteiger partial charge in [-0.05, 0) is 56.4 Å². The molecule has 1 aromatic carbocycles. The Morgan fingerprint density at radius 2 is 1.67 bits per heavy atom. The maximum atomic E-state index is 11.8. The monoisotopic (exact) mass is 292 g/mol. The first-order valence-electron chi connectivity index (χ1n) is 7.13. The predicted molar refractivity (Wildman–Crippen MR) is 83.0 cm³/mol. The van der Waals surface area contributed by atoms with Crippen molar-refractivity contribution in [2.45, 2.75) is 40.2 Å². The summed E-state index contributed by atoms with van der Waals surface area (Å²) in [6, 6.07) is 5.62.